The van der Waals surface area contributed by atoms with Crippen molar-refractivity contribution in [2.24, 2.45) is 0 Å². The SMILES string of the molecule is CC(Nc1cc(Cl)ncn1)C(=O)N1CCOCC1. The zero-order valence-electron chi connectivity index (χ0n) is 10.1. The third kappa shape index (κ3) is 3.30. The standard InChI is InChI=1S/C11H15ClN4O2/c1-8(11(17)16-2-4-18-5-3-16)15-10-6-9(12)13-7-14-10/h6-8H,2-5H2,1H3,(H,13,14,15). The van der Waals surface area contributed by atoms with Crippen LogP contribution in [-0.4, -0.2) is 53.1 Å². The molecule has 1 saturated heterocycles. The number of hydrogen-bond acceptors (Lipinski definition) is 5. The first-order chi connectivity index (χ1) is 8.66. The Morgan fingerprint density at radius 1 is 1.50 bits per heavy atom. The van der Waals surface area contributed by atoms with Crippen molar-refractivity contribution in [1.29, 1.82) is 0 Å². The van der Waals surface area contributed by atoms with Crippen LogP contribution >= 0.6 is 11.6 Å². The molecule has 1 aromatic heterocycles. The molecule has 0 spiro atoms. The molecule has 0 radical (unpaired) electrons. The van der Waals surface area contributed by atoms with Gasteiger partial charge < -0.3 is 15.0 Å². The first-order valence-corrected chi connectivity index (χ1v) is 6.15. The molecule has 18 heavy (non-hydrogen) atoms. The summed E-state index contributed by atoms with van der Waals surface area (Å²) in [6, 6.07) is 1.24. The van der Waals surface area contributed by atoms with Gasteiger partial charge in [-0.05, 0) is 6.92 Å². The van der Waals surface area contributed by atoms with Crippen LogP contribution in [0.3, 0.4) is 0 Å². The number of carbonyl (C=O) groups is 1. The van der Waals surface area contributed by atoms with Gasteiger partial charge in [-0.2, -0.15) is 0 Å². The Morgan fingerprint density at radius 3 is 2.89 bits per heavy atom. The average Bonchev–Trinajstić information content (AvgIpc) is 2.39. The van der Waals surface area contributed by atoms with Crippen LogP contribution in [0.15, 0.2) is 12.4 Å². The van der Waals surface area contributed by atoms with Crippen molar-refractivity contribution in [1.82, 2.24) is 14.9 Å². The molecule has 98 valence electrons. The van der Waals surface area contributed by atoms with Crippen molar-refractivity contribution in [3.63, 3.8) is 0 Å². The number of carbonyl (C=O) groups excluding carboxylic acids is 1. The molecular formula is C11H15ClN4O2. The highest BCUT2D eigenvalue weighted by Crippen LogP contribution is 2.11. The van der Waals surface area contributed by atoms with Gasteiger partial charge in [0.1, 0.15) is 23.3 Å². The molecule has 1 aliphatic rings. The van der Waals surface area contributed by atoms with Crippen LogP contribution in [-0.2, 0) is 9.53 Å². The summed E-state index contributed by atoms with van der Waals surface area (Å²) in [6.07, 6.45) is 1.36. The molecule has 1 fully saturated rings. The van der Waals surface area contributed by atoms with Crippen molar-refractivity contribution in [3.05, 3.63) is 17.5 Å². The van der Waals surface area contributed by atoms with E-state index in [1.165, 1.54) is 6.33 Å². The second-order valence-corrected chi connectivity index (χ2v) is 4.42. The van der Waals surface area contributed by atoms with Gasteiger partial charge in [-0.25, -0.2) is 9.97 Å². The number of nitrogens with one attached hydrogen (secondary N) is 1. The first kappa shape index (κ1) is 13.0. The van der Waals surface area contributed by atoms with E-state index in [2.05, 4.69) is 15.3 Å². The molecule has 6 nitrogen and oxygen atoms in total. The van der Waals surface area contributed by atoms with Crippen LogP contribution in [0.1, 0.15) is 6.92 Å². The highest BCUT2D eigenvalue weighted by molar-refractivity contribution is 6.29. The van der Waals surface area contributed by atoms with Crippen molar-refractivity contribution in [3.8, 4) is 0 Å². The molecule has 1 amide bonds. The number of aromatic nitrogens is 2. The molecule has 2 heterocycles. The predicted octanol–water partition coefficient (Wildman–Crippen LogP) is 0.789. The Balaban J connectivity index is 1.94. The molecular weight excluding hydrogens is 256 g/mol. The van der Waals surface area contributed by atoms with E-state index < -0.39 is 0 Å². The third-order valence-electron chi connectivity index (χ3n) is 2.69. The monoisotopic (exact) mass is 270 g/mol. The van der Waals surface area contributed by atoms with Gasteiger partial charge in [-0.1, -0.05) is 11.6 Å². The summed E-state index contributed by atoms with van der Waals surface area (Å²) < 4.78 is 5.21. The largest absolute Gasteiger partial charge is 0.378 e. The number of hydrogen-bond donors (Lipinski definition) is 1. The van der Waals surface area contributed by atoms with Crippen LogP contribution in [0.4, 0.5) is 5.82 Å². The van der Waals surface area contributed by atoms with E-state index >= 15 is 0 Å². The lowest BCUT2D eigenvalue weighted by Crippen LogP contribution is -2.47. The summed E-state index contributed by atoms with van der Waals surface area (Å²) in [6.45, 7) is 4.26. The quantitative estimate of drug-likeness (QED) is 0.823. The fraction of sp³-hybridized carbons (Fsp3) is 0.545. The number of rotatable bonds is 3. The van der Waals surface area contributed by atoms with Crippen LogP contribution in [0.2, 0.25) is 5.15 Å². The number of nitrogens with zero attached hydrogens (tertiary/aromatic N) is 3. The summed E-state index contributed by atoms with van der Waals surface area (Å²) >= 11 is 5.75. The first-order valence-electron chi connectivity index (χ1n) is 5.77. The Bertz CT molecular complexity index is 423. The average molecular weight is 271 g/mol. The summed E-state index contributed by atoms with van der Waals surface area (Å²) in [5.41, 5.74) is 0. The smallest absolute Gasteiger partial charge is 0.244 e. The highest BCUT2D eigenvalue weighted by atomic mass is 35.5. The van der Waals surface area contributed by atoms with Crippen molar-refractivity contribution in [2.45, 2.75) is 13.0 Å². The molecule has 1 atom stereocenters. The van der Waals surface area contributed by atoms with Crippen molar-refractivity contribution in [2.75, 3.05) is 31.6 Å². The summed E-state index contributed by atoms with van der Waals surface area (Å²) in [4.78, 5) is 21.7. The molecule has 7 heteroatoms. The van der Waals surface area contributed by atoms with Gasteiger partial charge in [0.2, 0.25) is 5.91 Å². The normalized spacial score (nSPS) is 17.3. The Kier molecular flexibility index (Phi) is 4.33. The van der Waals surface area contributed by atoms with Crippen LogP contribution in [0.5, 0.6) is 0 Å². The number of amides is 1. The third-order valence-corrected chi connectivity index (χ3v) is 2.90. The second-order valence-electron chi connectivity index (χ2n) is 4.03. The Hall–Kier alpha value is -1.40. The lowest BCUT2D eigenvalue weighted by molar-refractivity contribution is -0.135. The van der Waals surface area contributed by atoms with E-state index in [-0.39, 0.29) is 11.9 Å². The number of morpholine rings is 1. The molecule has 1 aliphatic heterocycles. The Morgan fingerprint density at radius 2 is 2.22 bits per heavy atom. The van der Waals surface area contributed by atoms with E-state index in [9.17, 15) is 4.79 Å². The molecule has 0 aliphatic carbocycles. The zero-order chi connectivity index (χ0) is 13.0. The number of halogens is 1. The van der Waals surface area contributed by atoms with Gasteiger partial charge in [0, 0.05) is 19.2 Å². The zero-order valence-corrected chi connectivity index (χ0v) is 10.9. The molecule has 0 aromatic carbocycles. The van der Waals surface area contributed by atoms with E-state index in [1.807, 2.05) is 0 Å². The molecule has 1 aromatic rings. The maximum atomic E-state index is 12.1. The predicted molar refractivity (Wildman–Crippen MR) is 67.5 cm³/mol. The fourth-order valence-electron chi connectivity index (χ4n) is 1.75. The molecule has 2 rings (SSSR count). The number of ether oxygens (including phenoxy) is 1. The van der Waals surface area contributed by atoms with Gasteiger partial charge >= 0.3 is 0 Å². The van der Waals surface area contributed by atoms with Crippen LogP contribution < -0.4 is 5.32 Å². The van der Waals surface area contributed by atoms with Gasteiger partial charge in [-0.3, -0.25) is 4.79 Å². The van der Waals surface area contributed by atoms with Gasteiger partial charge in [0.15, 0.2) is 0 Å². The second kappa shape index (κ2) is 5.97. The Labute approximate surface area is 110 Å². The highest BCUT2D eigenvalue weighted by Gasteiger charge is 2.22. The lowest BCUT2D eigenvalue weighted by Gasteiger charge is -2.29. The van der Waals surface area contributed by atoms with E-state index in [1.54, 1.807) is 17.9 Å². The maximum absolute atomic E-state index is 12.1. The minimum Gasteiger partial charge on any atom is -0.378 e. The summed E-state index contributed by atoms with van der Waals surface area (Å²) in [5.74, 6) is 0.581. The molecule has 0 saturated carbocycles. The summed E-state index contributed by atoms with van der Waals surface area (Å²) in [5, 5.41) is 3.36. The molecule has 0 bridgehead atoms. The minimum atomic E-state index is -0.353. The van der Waals surface area contributed by atoms with Gasteiger partial charge in [0.25, 0.3) is 0 Å². The van der Waals surface area contributed by atoms with Crippen molar-refractivity contribution >= 4 is 23.3 Å². The van der Waals surface area contributed by atoms with Gasteiger partial charge in [0.05, 0.1) is 13.2 Å². The fourth-order valence-corrected chi connectivity index (χ4v) is 1.90. The topological polar surface area (TPSA) is 67.4 Å². The molecule has 1 unspecified atom stereocenters. The van der Waals surface area contributed by atoms with Gasteiger partial charge in [-0.15, -0.1) is 0 Å². The van der Waals surface area contributed by atoms with Crippen molar-refractivity contribution < 1.29 is 9.53 Å². The number of anilines is 1. The minimum absolute atomic E-state index is 0.0352. The van der Waals surface area contributed by atoms with E-state index in [0.29, 0.717) is 37.3 Å². The maximum Gasteiger partial charge on any atom is 0.244 e. The van der Waals surface area contributed by atoms with Crippen LogP contribution in [0, 0.1) is 0 Å². The lowest BCUT2D eigenvalue weighted by atomic mass is 10.2. The van der Waals surface area contributed by atoms with E-state index in [0.717, 1.165) is 0 Å². The van der Waals surface area contributed by atoms with Crippen LogP contribution in [0.25, 0.3) is 0 Å². The van der Waals surface area contributed by atoms with E-state index in [4.69, 9.17) is 16.3 Å². The summed E-state index contributed by atoms with van der Waals surface area (Å²) in [7, 11) is 0. The molecule has 1 N–H and O–H groups in total.